The second-order valence-electron chi connectivity index (χ2n) is 6.18. The number of amides is 1. The van der Waals surface area contributed by atoms with Crippen LogP contribution in [-0.2, 0) is 11.2 Å². The molecule has 0 radical (unpaired) electrons. The third-order valence-electron chi connectivity index (χ3n) is 4.90. The minimum atomic E-state index is -0.931. The van der Waals surface area contributed by atoms with Crippen molar-refractivity contribution in [3.8, 4) is 0 Å². The Hall–Kier alpha value is -1.88. The van der Waals surface area contributed by atoms with Crippen LogP contribution in [0.1, 0.15) is 41.6 Å². The van der Waals surface area contributed by atoms with Gasteiger partial charge >= 0.3 is 5.97 Å². The standard InChI is InChI=1S/C16H20N2O3/c17-10-16(5-1-6-16)9-14(19)18-7-4-11-8-12(15(20)21)2-3-13(11)18/h2-3,8H,1,4-7,9-10,17H2,(H,20,21). The molecule has 1 aliphatic heterocycles. The van der Waals surface area contributed by atoms with Crippen LogP contribution >= 0.6 is 0 Å². The van der Waals surface area contributed by atoms with E-state index in [9.17, 15) is 9.59 Å². The van der Waals surface area contributed by atoms with Crippen LogP contribution in [0.4, 0.5) is 5.69 Å². The van der Waals surface area contributed by atoms with Gasteiger partial charge in [-0.15, -0.1) is 0 Å². The molecule has 21 heavy (non-hydrogen) atoms. The first kappa shape index (κ1) is 14.1. The van der Waals surface area contributed by atoms with E-state index in [1.54, 1.807) is 23.1 Å². The van der Waals surface area contributed by atoms with Crippen LogP contribution in [0, 0.1) is 5.41 Å². The molecule has 2 aliphatic rings. The Kier molecular flexibility index (Phi) is 3.45. The number of carboxylic acids is 1. The fourth-order valence-electron chi connectivity index (χ4n) is 3.34. The summed E-state index contributed by atoms with van der Waals surface area (Å²) < 4.78 is 0. The second-order valence-corrected chi connectivity index (χ2v) is 6.18. The number of fused-ring (bicyclic) bond motifs is 1. The van der Waals surface area contributed by atoms with E-state index < -0.39 is 5.97 Å². The van der Waals surface area contributed by atoms with E-state index in [1.165, 1.54) is 0 Å². The molecule has 1 heterocycles. The highest BCUT2D eigenvalue weighted by atomic mass is 16.4. The first-order chi connectivity index (χ1) is 10.0. The molecule has 1 saturated carbocycles. The molecule has 112 valence electrons. The molecule has 5 nitrogen and oxygen atoms in total. The van der Waals surface area contributed by atoms with Crippen molar-refractivity contribution in [2.24, 2.45) is 11.1 Å². The number of rotatable bonds is 4. The van der Waals surface area contributed by atoms with Crippen molar-refractivity contribution in [2.45, 2.75) is 32.1 Å². The van der Waals surface area contributed by atoms with E-state index in [2.05, 4.69) is 0 Å². The number of carbonyl (C=O) groups excluding carboxylic acids is 1. The van der Waals surface area contributed by atoms with E-state index in [0.717, 1.165) is 36.9 Å². The van der Waals surface area contributed by atoms with Crippen molar-refractivity contribution in [3.05, 3.63) is 29.3 Å². The molecule has 1 fully saturated rings. The van der Waals surface area contributed by atoms with E-state index in [4.69, 9.17) is 10.8 Å². The normalized spacial score (nSPS) is 19.0. The zero-order valence-electron chi connectivity index (χ0n) is 12.0. The van der Waals surface area contributed by atoms with Crippen molar-refractivity contribution in [1.82, 2.24) is 0 Å². The molecule has 0 saturated heterocycles. The molecular formula is C16H20N2O3. The van der Waals surface area contributed by atoms with Crippen molar-refractivity contribution < 1.29 is 14.7 Å². The molecule has 0 aromatic heterocycles. The topological polar surface area (TPSA) is 83.6 Å². The van der Waals surface area contributed by atoms with E-state index in [-0.39, 0.29) is 16.9 Å². The molecule has 1 aliphatic carbocycles. The van der Waals surface area contributed by atoms with Gasteiger partial charge in [0, 0.05) is 18.7 Å². The van der Waals surface area contributed by atoms with Gasteiger partial charge in [0.05, 0.1) is 5.56 Å². The van der Waals surface area contributed by atoms with E-state index in [0.29, 0.717) is 19.5 Å². The van der Waals surface area contributed by atoms with Gasteiger partial charge in [-0.25, -0.2) is 4.79 Å². The predicted octanol–water partition coefficient (Wildman–Crippen LogP) is 1.79. The average Bonchev–Trinajstić information content (AvgIpc) is 2.85. The van der Waals surface area contributed by atoms with Crippen LogP contribution in [0.2, 0.25) is 0 Å². The molecule has 0 atom stereocenters. The Morgan fingerprint density at radius 2 is 2.10 bits per heavy atom. The molecule has 1 aromatic carbocycles. The van der Waals surface area contributed by atoms with E-state index >= 15 is 0 Å². The van der Waals surface area contributed by atoms with Gasteiger partial charge < -0.3 is 15.7 Å². The van der Waals surface area contributed by atoms with Gasteiger partial charge in [-0.2, -0.15) is 0 Å². The van der Waals surface area contributed by atoms with Gasteiger partial charge in [-0.05, 0) is 55.0 Å². The first-order valence-corrected chi connectivity index (χ1v) is 7.41. The number of nitrogens with zero attached hydrogens (tertiary/aromatic N) is 1. The monoisotopic (exact) mass is 288 g/mol. The molecule has 0 unspecified atom stereocenters. The summed E-state index contributed by atoms with van der Waals surface area (Å²) in [7, 11) is 0. The summed E-state index contributed by atoms with van der Waals surface area (Å²) in [5, 5.41) is 9.02. The van der Waals surface area contributed by atoms with E-state index in [1.807, 2.05) is 0 Å². The lowest BCUT2D eigenvalue weighted by Gasteiger charge is -2.41. The fraction of sp³-hybridized carbons (Fsp3) is 0.500. The van der Waals surface area contributed by atoms with Crippen LogP contribution in [0.3, 0.4) is 0 Å². The maximum absolute atomic E-state index is 12.5. The van der Waals surface area contributed by atoms with Gasteiger partial charge in [-0.1, -0.05) is 6.42 Å². The van der Waals surface area contributed by atoms with Crippen LogP contribution in [-0.4, -0.2) is 30.1 Å². The molecule has 0 bridgehead atoms. The summed E-state index contributed by atoms with van der Waals surface area (Å²) in [5.41, 5.74) is 7.91. The van der Waals surface area contributed by atoms with Crippen molar-refractivity contribution in [3.63, 3.8) is 0 Å². The summed E-state index contributed by atoms with van der Waals surface area (Å²) >= 11 is 0. The van der Waals surface area contributed by atoms with Gasteiger partial charge in [-0.3, -0.25) is 4.79 Å². The number of hydrogen-bond acceptors (Lipinski definition) is 3. The average molecular weight is 288 g/mol. The predicted molar refractivity (Wildman–Crippen MR) is 79.4 cm³/mol. The molecule has 3 N–H and O–H groups in total. The zero-order chi connectivity index (χ0) is 15.0. The number of anilines is 1. The molecular weight excluding hydrogens is 268 g/mol. The smallest absolute Gasteiger partial charge is 0.335 e. The summed E-state index contributed by atoms with van der Waals surface area (Å²) in [6, 6.07) is 4.99. The van der Waals surface area contributed by atoms with Crippen LogP contribution in [0.15, 0.2) is 18.2 Å². The first-order valence-electron chi connectivity index (χ1n) is 7.41. The third-order valence-corrected chi connectivity index (χ3v) is 4.90. The lowest BCUT2D eigenvalue weighted by atomic mass is 9.66. The van der Waals surface area contributed by atoms with Crippen LogP contribution in [0.5, 0.6) is 0 Å². The fourth-order valence-corrected chi connectivity index (χ4v) is 3.34. The van der Waals surface area contributed by atoms with Crippen molar-refractivity contribution >= 4 is 17.6 Å². The summed E-state index contributed by atoms with van der Waals surface area (Å²) in [4.78, 5) is 25.3. The number of hydrogen-bond donors (Lipinski definition) is 2. The summed E-state index contributed by atoms with van der Waals surface area (Å²) in [5.74, 6) is -0.818. The Balaban J connectivity index is 1.77. The number of carboxylic acid groups (broad SMARTS) is 1. The highest BCUT2D eigenvalue weighted by Crippen LogP contribution is 2.44. The van der Waals surface area contributed by atoms with Crippen LogP contribution in [0.25, 0.3) is 0 Å². The molecule has 1 amide bonds. The zero-order valence-corrected chi connectivity index (χ0v) is 12.0. The maximum atomic E-state index is 12.5. The number of benzene rings is 1. The van der Waals surface area contributed by atoms with Gasteiger partial charge in [0.1, 0.15) is 0 Å². The van der Waals surface area contributed by atoms with Crippen molar-refractivity contribution in [1.29, 1.82) is 0 Å². The Bertz CT molecular complexity index is 588. The Morgan fingerprint density at radius 3 is 2.67 bits per heavy atom. The molecule has 5 heteroatoms. The largest absolute Gasteiger partial charge is 0.478 e. The van der Waals surface area contributed by atoms with Crippen molar-refractivity contribution in [2.75, 3.05) is 18.0 Å². The van der Waals surface area contributed by atoms with Gasteiger partial charge in [0.15, 0.2) is 0 Å². The third kappa shape index (κ3) is 2.42. The molecule has 1 aromatic rings. The highest BCUT2D eigenvalue weighted by molar-refractivity contribution is 5.97. The number of nitrogens with two attached hydrogens (primary N) is 1. The Labute approximate surface area is 123 Å². The highest BCUT2D eigenvalue weighted by Gasteiger charge is 2.39. The number of carbonyl (C=O) groups is 2. The minimum absolute atomic E-state index is 0.000835. The summed E-state index contributed by atoms with van der Waals surface area (Å²) in [6.45, 7) is 1.20. The second kappa shape index (κ2) is 5.15. The quantitative estimate of drug-likeness (QED) is 0.884. The lowest BCUT2D eigenvalue weighted by Crippen LogP contribution is -2.43. The SMILES string of the molecule is NCC1(CC(=O)N2CCc3cc(C(=O)O)ccc32)CCC1. The maximum Gasteiger partial charge on any atom is 0.335 e. The number of aromatic carboxylic acids is 1. The summed E-state index contributed by atoms with van der Waals surface area (Å²) in [6.07, 6.45) is 4.45. The molecule has 3 rings (SSSR count). The van der Waals surface area contributed by atoms with Gasteiger partial charge in [0.25, 0.3) is 0 Å². The van der Waals surface area contributed by atoms with Gasteiger partial charge in [0.2, 0.25) is 5.91 Å². The molecule has 0 spiro atoms. The minimum Gasteiger partial charge on any atom is -0.478 e. The van der Waals surface area contributed by atoms with Crippen LogP contribution < -0.4 is 10.6 Å². The lowest BCUT2D eigenvalue weighted by molar-refractivity contribution is -0.122. The Morgan fingerprint density at radius 1 is 1.33 bits per heavy atom.